The van der Waals surface area contributed by atoms with Crippen molar-refractivity contribution in [2.45, 2.75) is 28.6 Å². The van der Waals surface area contributed by atoms with Crippen molar-refractivity contribution in [2.75, 3.05) is 9.80 Å². The molecule has 1 unspecified atom stereocenters. The minimum absolute atomic E-state index is 0.334. The van der Waals surface area contributed by atoms with Gasteiger partial charge >= 0.3 is 0 Å². The molecule has 0 spiro atoms. The second kappa shape index (κ2) is 34.9. The number of benzene rings is 23. The maximum absolute atomic E-state index is 2.45. The van der Waals surface area contributed by atoms with Crippen molar-refractivity contribution in [3.8, 4) is 78.1 Å². The van der Waals surface area contributed by atoms with Crippen LogP contribution in [0.3, 0.4) is 0 Å². The highest BCUT2D eigenvalue weighted by Crippen LogP contribution is 2.62. The van der Waals surface area contributed by atoms with E-state index in [0.29, 0.717) is 0 Å². The van der Waals surface area contributed by atoms with E-state index in [1.165, 1.54) is 188 Å². The first kappa shape index (κ1) is 86.2. The summed E-state index contributed by atoms with van der Waals surface area (Å²) in [7, 11) is 0. The van der Waals surface area contributed by atoms with Crippen molar-refractivity contribution in [3.63, 3.8) is 0 Å². The molecule has 23 aromatic carbocycles. The molecule has 0 fully saturated rings. The van der Waals surface area contributed by atoms with Crippen LogP contribution < -0.4 is 9.80 Å². The molecule has 147 heavy (non-hydrogen) atoms. The van der Waals surface area contributed by atoms with E-state index in [0.717, 1.165) is 51.1 Å². The van der Waals surface area contributed by atoms with Crippen LogP contribution in [0.1, 0.15) is 90.4 Å². The van der Waals surface area contributed by atoms with Crippen molar-refractivity contribution >= 4 is 77.7 Å². The fourth-order valence-corrected chi connectivity index (χ4v) is 25.9. The smallest absolute Gasteiger partial charge is 0.0713 e. The Labute approximate surface area is 856 Å². The lowest BCUT2D eigenvalue weighted by Gasteiger charge is -2.35. The maximum atomic E-state index is 2.45. The molecule has 0 saturated heterocycles. The Kier molecular flexibility index (Phi) is 20.4. The van der Waals surface area contributed by atoms with Gasteiger partial charge in [-0.05, 0) is 278 Å². The molecule has 690 valence electrons. The molecule has 2 aromatic heterocycles. The zero-order valence-electron chi connectivity index (χ0n) is 81.1. The molecule has 0 N–H and O–H groups in total. The summed E-state index contributed by atoms with van der Waals surface area (Å²) in [5.74, 6) is 0. The van der Waals surface area contributed by atoms with Crippen LogP contribution in [0.4, 0.5) is 34.1 Å². The van der Waals surface area contributed by atoms with E-state index in [4.69, 9.17) is 0 Å². The Hall–Kier alpha value is -18.7. The molecule has 4 aliphatic rings. The maximum Gasteiger partial charge on any atom is 0.0713 e. The van der Waals surface area contributed by atoms with E-state index >= 15 is 0 Å². The Morgan fingerprint density at radius 1 is 0.150 bits per heavy atom. The number of aromatic nitrogens is 2. The number of hydrogen-bond donors (Lipinski definition) is 0. The number of para-hydroxylation sites is 4. The topological polar surface area (TPSA) is 16.3 Å². The quantitative estimate of drug-likeness (QED) is 0.0903. The molecule has 0 saturated carbocycles. The molecule has 4 heteroatoms. The van der Waals surface area contributed by atoms with Gasteiger partial charge in [-0.15, -0.1) is 0 Å². The standard InChI is InChI=1S/C74H50N2.C69H48N2/c1-3-19-53(20-4-1)73(67-29-13-7-23-61(67)62-24-8-14-30-68(62)73)55-39-47-58(48-40-55)75(57-43-35-51(36-44-57)52-37-45-60(46-38-52)76-71-33-17-11-27-65(71)66-28-12-18-34-72(66)76)59-49-41-56(42-50-59)74(54-21-5-2-6-22-54)69-31-15-9-25-63(69)64-26-10-16-32-70(64)74;1-68(49-18-4-2-5-19-49)62-27-13-8-22-56(62)59-45-44-55(46-65(59)68)70(52-38-32-47(33-39-52)48-34-40-54(41-35-48)71-66-30-16-11-25-60(66)61-26-12-17-31-67(61)71)53-42-36-51(37-43-53)69(50-20-6-3-7-21-50)63-28-14-9-23-57(63)58-24-10-15-29-64(58)69/h1-50H;2-46H,1H3. The van der Waals surface area contributed by atoms with Crippen LogP contribution in [0.15, 0.2) is 576 Å². The largest absolute Gasteiger partial charge is 0.311 e. The minimum atomic E-state index is -0.488. The van der Waals surface area contributed by atoms with Crippen molar-refractivity contribution < 1.29 is 0 Å². The summed E-state index contributed by atoms with van der Waals surface area (Å²) in [5, 5.41) is 5.07. The first-order valence-electron chi connectivity index (χ1n) is 51.2. The van der Waals surface area contributed by atoms with Gasteiger partial charge in [0, 0.05) is 72.5 Å². The normalized spacial score (nSPS) is 14.2. The van der Waals surface area contributed by atoms with Gasteiger partial charge in [0.25, 0.3) is 0 Å². The highest BCUT2D eigenvalue weighted by Gasteiger charge is 2.50. The van der Waals surface area contributed by atoms with Gasteiger partial charge in [-0.2, -0.15) is 0 Å². The van der Waals surface area contributed by atoms with Crippen LogP contribution >= 0.6 is 0 Å². The molecule has 29 rings (SSSR count). The van der Waals surface area contributed by atoms with Crippen molar-refractivity contribution in [1.29, 1.82) is 0 Å². The monoisotopic (exact) mass is 1870 g/mol. The SMILES string of the molecule is CC1(c2ccccc2)c2ccccc2-c2ccc(N(c3ccc(-c4ccc(-n5c6ccccc6c6ccccc65)cc4)cc3)c3ccc(C4(c5ccccc5)c5ccccc5-c5ccccc54)cc3)cc21.c1ccc(C2(c3ccc(N(c4ccc(-c5ccc(-n6c7ccccc7c7ccccc76)cc5)cc4)c4ccc(C5(c6ccccc6)c6ccccc6-c6ccccc65)cc4)cc3)c3ccccc3-c3ccccc32)cc1. The Bertz CT molecular complexity index is 8950. The van der Waals surface area contributed by atoms with Crippen LogP contribution in [-0.4, -0.2) is 9.13 Å². The van der Waals surface area contributed by atoms with Gasteiger partial charge in [0.1, 0.15) is 0 Å². The molecule has 25 aromatic rings. The van der Waals surface area contributed by atoms with Gasteiger partial charge in [-0.3, -0.25) is 0 Å². The summed E-state index contributed by atoms with van der Waals surface area (Å²) in [4.78, 5) is 4.86. The number of anilines is 6. The average molecular weight is 1870 g/mol. The first-order valence-corrected chi connectivity index (χ1v) is 51.2. The van der Waals surface area contributed by atoms with Gasteiger partial charge < -0.3 is 18.9 Å². The second-order valence-electron chi connectivity index (χ2n) is 39.6. The van der Waals surface area contributed by atoms with E-state index in [1.807, 2.05) is 0 Å². The molecular formula is C143H98N4. The minimum Gasteiger partial charge on any atom is -0.311 e. The van der Waals surface area contributed by atoms with E-state index in [2.05, 4.69) is 602 Å². The van der Waals surface area contributed by atoms with Gasteiger partial charge in [-0.1, -0.05) is 455 Å². The van der Waals surface area contributed by atoms with Crippen LogP contribution in [0.25, 0.3) is 122 Å². The molecule has 0 radical (unpaired) electrons. The van der Waals surface area contributed by atoms with Crippen molar-refractivity contribution in [3.05, 3.63) is 660 Å². The predicted molar refractivity (Wildman–Crippen MR) is 611 cm³/mol. The highest BCUT2D eigenvalue weighted by atomic mass is 15.1. The Balaban J connectivity index is 0.000000142. The van der Waals surface area contributed by atoms with E-state index in [9.17, 15) is 0 Å². The number of fused-ring (bicyclic) bond motifs is 18. The van der Waals surface area contributed by atoms with Crippen LogP contribution in [0, 0.1) is 0 Å². The number of hydrogen-bond acceptors (Lipinski definition) is 2. The van der Waals surface area contributed by atoms with Crippen molar-refractivity contribution in [1.82, 2.24) is 9.13 Å². The fraction of sp³-hybridized carbons (Fsp3) is 0.0350. The molecular weight excluding hydrogens is 1770 g/mol. The molecule has 0 amide bonds. The summed E-state index contributed by atoms with van der Waals surface area (Å²) in [6, 6.07) is 213. The molecule has 4 aliphatic carbocycles. The second-order valence-corrected chi connectivity index (χ2v) is 39.6. The zero-order valence-corrected chi connectivity index (χ0v) is 81.1. The van der Waals surface area contributed by atoms with Gasteiger partial charge in [0.2, 0.25) is 0 Å². The zero-order chi connectivity index (χ0) is 97.3. The van der Waals surface area contributed by atoms with E-state index in [1.54, 1.807) is 0 Å². The summed E-state index contributed by atoms with van der Waals surface area (Å²) >= 11 is 0. The summed E-state index contributed by atoms with van der Waals surface area (Å²) in [5.41, 5.74) is 46.2. The summed E-state index contributed by atoms with van der Waals surface area (Å²) in [6.07, 6.45) is 0. The van der Waals surface area contributed by atoms with Gasteiger partial charge in [0.05, 0.1) is 38.3 Å². The highest BCUT2D eigenvalue weighted by molar-refractivity contribution is 6.11. The Morgan fingerprint density at radius 3 is 0.633 bits per heavy atom. The molecule has 2 heterocycles. The lowest BCUT2D eigenvalue weighted by atomic mass is 9.67. The van der Waals surface area contributed by atoms with Gasteiger partial charge in [0.15, 0.2) is 0 Å². The number of nitrogens with zero attached hydrogens (tertiary/aromatic N) is 4. The fourth-order valence-electron chi connectivity index (χ4n) is 25.9. The van der Waals surface area contributed by atoms with E-state index in [-0.39, 0.29) is 5.41 Å². The lowest BCUT2D eigenvalue weighted by Crippen LogP contribution is -2.28. The van der Waals surface area contributed by atoms with Crippen LogP contribution in [0.2, 0.25) is 0 Å². The molecule has 0 bridgehead atoms. The number of rotatable bonds is 17. The predicted octanol–water partition coefficient (Wildman–Crippen LogP) is 36.3. The van der Waals surface area contributed by atoms with Gasteiger partial charge in [-0.25, -0.2) is 0 Å². The van der Waals surface area contributed by atoms with Crippen LogP contribution in [0.5, 0.6) is 0 Å². The molecule has 1 atom stereocenters. The van der Waals surface area contributed by atoms with Crippen LogP contribution in [-0.2, 0) is 21.7 Å². The first-order chi connectivity index (χ1) is 72.8. The van der Waals surface area contributed by atoms with E-state index < -0.39 is 16.2 Å². The molecule has 0 aliphatic heterocycles. The molecule has 4 nitrogen and oxygen atoms in total. The third kappa shape index (κ3) is 13.3. The summed E-state index contributed by atoms with van der Waals surface area (Å²) < 4.78 is 4.76. The summed E-state index contributed by atoms with van der Waals surface area (Å²) in [6.45, 7) is 2.40. The Morgan fingerprint density at radius 2 is 0.347 bits per heavy atom. The third-order valence-electron chi connectivity index (χ3n) is 32.4. The van der Waals surface area contributed by atoms with Crippen molar-refractivity contribution in [2.24, 2.45) is 0 Å². The average Bonchev–Trinajstić information content (AvgIpc) is 1.54. The third-order valence-corrected chi connectivity index (χ3v) is 32.4. The lowest BCUT2D eigenvalue weighted by molar-refractivity contribution is 0.714.